The normalized spacial score (nSPS) is 13.3. The average molecular weight is 496 g/mol. The minimum Gasteiger partial charge on any atom is -0.493 e. The Morgan fingerprint density at radius 3 is 2.26 bits per heavy atom. The molecule has 0 spiro atoms. The summed E-state index contributed by atoms with van der Waals surface area (Å²) in [6.07, 6.45) is 0. The maximum Gasteiger partial charge on any atom is 0.338 e. The van der Waals surface area contributed by atoms with Crippen LogP contribution in [0.5, 0.6) is 11.5 Å². The lowest BCUT2D eigenvalue weighted by Crippen LogP contribution is -2.29. The molecule has 0 atom stereocenters. The zero-order chi connectivity index (χ0) is 25.2. The number of amides is 1. The molecule has 0 aliphatic carbocycles. The number of ketones is 1. The zero-order valence-corrected chi connectivity index (χ0v) is 19.7. The predicted octanol–water partition coefficient (Wildman–Crippen LogP) is 2.67. The van der Waals surface area contributed by atoms with Crippen LogP contribution in [0.1, 0.15) is 36.6 Å². The largest absolute Gasteiger partial charge is 0.493 e. The average Bonchev–Trinajstić information content (AvgIpc) is 2.89. The molecule has 1 aliphatic rings. The third-order valence-electron chi connectivity index (χ3n) is 5.44. The summed E-state index contributed by atoms with van der Waals surface area (Å²) in [5, 5.41) is 2.57. The number of sulfone groups is 1. The number of carbonyl (C=O) groups excluding carboxylic acids is 3. The summed E-state index contributed by atoms with van der Waals surface area (Å²) in [6, 6.07) is 14.4. The van der Waals surface area contributed by atoms with Crippen LogP contribution in [0.4, 0.5) is 0 Å². The lowest BCUT2D eigenvalue weighted by molar-refractivity contribution is 0.0502. The van der Waals surface area contributed by atoms with E-state index in [1.807, 2.05) is 0 Å². The van der Waals surface area contributed by atoms with Crippen molar-refractivity contribution in [3.63, 3.8) is 0 Å². The van der Waals surface area contributed by atoms with E-state index in [0.717, 1.165) is 0 Å². The number of rotatable bonds is 7. The monoisotopic (exact) mass is 495 g/mol. The molecule has 0 aromatic heterocycles. The molecule has 3 aromatic carbocycles. The Labute approximate surface area is 201 Å². The van der Waals surface area contributed by atoms with Crippen LogP contribution in [0.3, 0.4) is 0 Å². The first-order valence-electron chi connectivity index (χ1n) is 10.5. The molecular formula is C25H21NO8S. The Bertz CT molecular complexity index is 1450. The van der Waals surface area contributed by atoms with Gasteiger partial charge in [0.1, 0.15) is 6.61 Å². The molecule has 0 saturated heterocycles. The topological polar surface area (TPSA) is 125 Å². The number of esters is 1. The number of methoxy groups -OCH3 is 2. The Kier molecular flexibility index (Phi) is 6.57. The molecule has 35 heavy (non-hydrogen) atoms. The summed E-state index contributed by atoms with van der Waals surface area (Å²) in [5.74, 6) is -0.763. The SMILES string of the molecule is COc1ccc(C(=O)OCCNC(=O)c2ccc3c(c2)S(=O)(=O)c2ccccc2C3=O)cc1OC. The van der Waals surface area contributed by atoms with Gasteiger partial charge in [0.25, 0.3) is 5.91 Å². The van der Waals surface area contributed by atoms with E-state index in [0.29, 0.717) is 11.5 Å². The second-order valence-corrected chi connectivity index (χ2v) is 9.39. The molecule has 3 aromatic rings. The highest BCUT2D eigenvalue weighted by atomic mass is 32.2. The predicted molar refractivity (Wildman–Crippen MR) is 124 cm³/mol. The second kappa shape index (κ2) is 9.59. The molecular weight excluding hydrogens is 474 g/mol. The zero-order valence-electron chi connectivity index (χ0n) is 18.9. The van der Waals surface area contributed by atoms with Gasteiger partial charge in [-0.25, -0.2) is 13.2 Å². The molecule has 180 valence electrons. The van der Waals surface area contributed by atoms with Crippen LogP contribution < -0.4 is 14.8 Å². The van der Waals surface area contributed by atoms with E-state index < -0.39 is 27.5 Å². The molecule has 0 saturated carbocycles. The minimum atomic E-state index is -3.96. The van der Waals surface area contributed by atoms with Crippen molar-refractivity contribution in [1.82, 2.24) is 5.32 Å². The van der Waals surface area contributed by atoms with E-state index in [9.17, 15) is 22.8 Å². The standard InChI is InChI=1S/C25H21NO8S/c1-32-19-10-8-16(13-20(19)33-2)25(29)34-12-11-26-24(28)15-7-9-18-22(14-15)35(30,31)21-6-4-3-5-17(21)23(18)27/h3-10,13-14H,11-12H2,1-2H3,(H,26,28). The van der Waals surface area contributed by atoms with Gasteiger partial charge in [-0.3, -0.25) is 9.59 Å². The van der Waals surface area contributed by atoms with Crippen LogP contribution in [0.25, 0.3) is 0 Å². The van der Waals surface area contributed by atoms with E-state index in [1.165, 1.54) is 62.8 Å². The molecule has 0 unspecified atom stereocenters. The summed E-state index contributed by atoms with van der Waals surface area (Å²) in [6.45, 7) is -0.127. The lowest BCUT2D eigenvalue weighted by Gasteiger charge is -2.19. The maximum atomic E-state index is 13.0. The number of hydrogen-bond acceptors (Lipinski definition) is 8. The van der Waals surface area contributed by atoms with Crippen LogP contribution in [0.2, 0.25) is 0 Å². The van der Waals surface area contributed by atoms with Gasteiger partial charge in [0, 0.05) is 16.7 Å². The lowest BCUT2D eigenvalue weighted by atomic mass is 10.0. The fraction of sp³-hybridized carbons (Fsp3) is 0.160. The van der Waals surface area contributed by atoms with Crippen molar-refractivity contribution in [3.05, 3.63) is 82.9 Å². The number of benzene rings is 3. The summed E-state index contributed by atoms with van der Waals surface area (Å²) in [7, 11) is -1.03. The number of fused-ring (bicyclic) bond motifs is 2. The van der Waals surface area contributed by atoms with Gasteiger partial charge >= 0.3 is 5.97 Å². The van der Waals surface area contributed by atoms with Crippen molar-refractivity contribution >= 4 is 27.5 Å². The molecule has 1 heterocycles. The molecule has 4 rings (SSSR count). The molecule has 1 aliphatic heterocycles. The van der Waals surface area contributed by atoms with Gasteiger partial charge in [-0.05, 0) is 48.5 Å². The third-order valence-corrected chi connectivity index (χ3v) is 7.29. The van der Waals surface area contributed by atoms with Crippen molar-refractivity contribution in [2.75, 3.05) is 27.4 Å². The van der Waals surface area contributed by atoms with Crippen LogP contribution in [-0.4, -0.2) is 53.4 Å². The molecule has 0 radical (unpaired) electrons. The number of carbonyl (C=O) groups is 3. The van der Waals surface area contributed by atoms with Crippen molar-refractivity contribution in [2.45, 2.75) is 9.79 Å². The molecule has 0 fully saturated rings. The van der Waals surface area contributed by atoms with E-state index in [4.69, 9.17) is 14.2 Å². The number of hydrogen-bond donors (Lipinski definition) is 1. The van der Waals surface area contributed by atoms with Gasteiger partial charge in [0.05, 0.1) is 36.1 Å². The van der Waals surface area contributed by atoms with Crippen molar-refractivity contribution < 1.29 is 37.0 Å². The molecule has 1 N–H and O–H groups in total. The highest BCUT2D eigenvalue weighted by Crippen LogP contribution is 2.34. The van der Waals surface area contributed by atoms with Crippen LogP contribution >= 0.6 is 0 Å². The van der Waals surface area contributed by atoms with E-state index in [1.54, 1.807) is 12.1 Å². The van der Waals surface area contributed by atoms with E-state index >= 15 is 0 Å². The summed E-state index contributed by atoms with van der Waals surface area (Å²) in [4.78, 5) is 37.3. The highest BCUT2D eigenvalue weighted by molar-refractivity contribution is 7.91. The summed E-state index contributed by atoms with van der Waals surface area (Å²) in [5.41, 5.74) is 0.433. The Morgan fingerprint density at radius 1 is 0.829 bits per heavy atom. The Hall–Kier alpha value is -4.18. The molecule has 1 amide bonds. The Morgan fingerprint density at radius 2 is 1.51 bits per heavy atom. The molecule has 10 heteroatoms. The van der Waals surface area contributed by atoms with Crippen LogP contribution in [-0.2, 0) is 14.6 Å². The fourth-order valence-electron chi connectivity index (χ4n) is 3.68. The van der Waals surface area contributed by atoms with Gasteiger partial charge in [-0.2, -0.15) is 0 Å². The van der Waals surface area contributed by atoms with Gasteiger partial charge in [-0.1, -0.05) is 12.1 Å². The summed E-state index contributed by atoms with van der Waals surface area (Å²) < 4.78 is 41.5. The van der Waals surface area contributed by atoms with Gasteiger partial charge in [0.15, 0.2) is 17.3 Å². The smallest absolute Gasteiger partial charge is 0.338 e. The number of nitrogens with one attached hydrogen (secondary N) is 1. The molecule has 0 bridgehead atoms. The second-order valence-electron chi connectivity index (χ2n) is 7.50. The molecule has 9 nitrogen and oxygen atoms in total. The summed E-state index contributed by atoms with van der Waals surface area (Å²) >= 11 is 0. The first-order chi connectivity index (χ1) is 16.8. The van der Waals surface area contributed by atoms with Gasteiger partial charge in [-0.15, -0.1) is 0 Å². The van der Waals surface area contributed by atoms with Crippen LogP contribution in [0, 0.1) is 0 Å². The van der Waals surface area contributed by atoms with Crippen LogP contribution in [0.15, 0.2) is 70.5 Å². The van der Waals surface area contributed by atoms with E-state index in [2.05, 4.69) is 5.32 Å². The number of ether oxygens (including phenoxy) is 3. The van der Waals surface area contributed by atoms with Crippen molar-refractivity contribution in [3.8, 4) is 11.5 Å². The van der Waals surface area contributed by atoms with Gasteiger partial charge in [0.2, 0.25) is 9.84 Å². The van der Waals surface area contributed by atoms with Crippen molar-refractivity contribution in [1.29, 1.82) is 0 Å². The first-order valence-corrected chi connectivity index (χ1v) is 12.0. The fourth-order valence-corrected chi connectivity index (χ4v) is 5.36. The maximum absolute atomic E-state index is 13.0. The Balaban J connectivity index is 1.41. The third kappa shape index (κ3) is 4.47. The van der Waals surface area contributed by atoms with Gasteiger partial charge < -0.3 is 19.5 Å². The van der Waals surface area contributed by atoms with Crippen molar-refractivity contribution in [2.24, 2.45) is 0 Å². The minimum absolute atomic E-state index is 0.0105. The quantitative estimate of drug-likeness (QED) is 0.306. The first kappa shape index (κ1) is 24.0. The highest BCUT2D eigenvalue weighted by Gasteiger charge is 2.35. The van der Waals surface area contributed by atoms with E-state index in [-0.39, 0.29) is 45.2 Å².